The van der Waals surface area contributed by atoms with Crippen LogP contribution in [-0.4, -0.2) is 18.3 Å². The zero-order valence-electron chi connectivity index (χ0n) is 13.8. The molecule has 5 rings (SSSR count). The Labute approximate surface area is 128 Å². The van der Waals surface area contributed by atoms with Crippen LogP contribution in [0, 0.1) is 5.41 Å². The van der Waals surface area contributed by atoms with E-state index in [0.29, 0.717) is 11.2 Å². The molecule has 21 heavy (non-hydrogen) atoms. The van der Waals surface area contributed by atoms with E-state index in [0.717, 1.165) is 0 Å². The van der Waals surface area contributed by atoms with Crippen molar-refractivity contribution in [3.05, 3.63) is 35.9 Å². The molecule has 0 aromatic heterocycles. The van der Waals surface area contributed by atoms with Crippen molar-refractivity contribution in [1.82, 2.24) is 0 Å². The van der Waals surface area contributed by atoms with E-state index in [1.807, 2.05) is 0 Å². The molecule has 3 aliphatic carbocycles. The summed E-state index contributed by atoms with van der Waals surface area (Å²) in [6.07, 6.45) is 2.55. The molecule has 112 valence electrons. The van der Waals surface area contributed by atoms with E-state index in [1.54, 1.807) is 0 Å². The van der Waals surface area contributed by atoms with Crippen molar-refractivity contribution in [2.24, 2.45) is 5.41 Å². The van der Waals surface area contributed by atoms with Gasteiger partial charge in [-0.15, -0.1) is 0 Å². The van der Waals surface area contributed by atoms with Gasteiger partial charge in [0.2, 0.25) is 0 Å². The SMILES string of the molecule is CC12CC(c3ccccc3)(C1)C2B1OC(C)(C)C(C)(C)O1. The van der Waals surface area contributed by atoms with Crippen molar-refractivity contribution >= 4 is 7.12 Å². The van der Waals surface area contributed by atoms with E-state index in [-0.39, 0.29) is 23.7 Å². The minimum absolute atomic E-state index is 0.0669. The number of rotatable bonds is 2. The van der Waals surface area contributed by atoms with Gasteiger partial charge in [0.25, 0.3) is 0 Å². The fraction of sp³-hybridized carbons (Fsp3) is 0.667. The van der Waals surface area contributed by atoms with E-state index in [9.17, 15) is 0 Å². The van der Waals surface area contributed by atoms with Gasteiger partial charge in [0.05, 0.1) is 11.2 Å². The van der Waals surface area contributed by atoms with Gasteiger partial charge in [-0.2, -0.15) is 0 Å². The fourth-order valence-corrected chi connectivity index (χ4v) is 5.00. The summed E-state index contributed by atoms with van der Waals surface area (Å²) in [5.74, 6) is 0.494. The molecule has 1 aliphatic heterocycles. The van der Waals surface area contributed by atoms with E-state index in [2.05, 4.69) is 65.0 Å². The Morgan fingerprint density at radius 1 is 0.905 bits per heavy atom. The van der Waals surface area contributed by atoms with E-state index >= 15 is 0 Å². The zero-order valence-corrected chi connectivity index (χ0v) is 13.8. The first-order valence-electron chi connectivity index (χ1n) is 8.12. The Hall–Kier alpha value is -0.795. The maximum absolute atomic E-state index is 6.36. The summed E-state index contributed by atoms with van der Waals surface area (Å²) in [7, 11) is -0.0669. The maximum Gasteiger partial charge on any atom is 0.462 e. The second kappa shape index (κ2) is 3.75. The van der Waals surface area contributed by atoms with Crippen LogP contribution in [0.15, 0.2) is 30.3 Å². The molecule has 3 saturated carbocycles. The third-order valence-corrected chi connectivity index (χ3v) is 6.68. The second-order valence-electron chi connectivity index (χ2n) is 8.63. The van der Waals surface area contributed by atoms with Crippen molar-refractivity contribution in [2.45, 2.75) is 69.9 Å². The molecule has 1 saturated heterocycles. The quantitative estimate of drug-likeness (QED) is 0.758. The monoisotopic (exact) mass is 284 g/mol. The minimum atomic E-state index is -0.228. The first kappa shape index (κ1) is 13.8. The van der Waals surface area contributed by atoms with Crippen LogP contribution < -0.4 is 0 Å². The fourth-order valence-electron chi connectivity index (χ4n) is 5.00. The minimum Gasteiger partial charge on any atom is -0.403 e. The lowest BCUT2D eigenvalue weighted by molar-refractivity contribution is -0.137. The molecular formula is C18H25BO2. The van der Waals surface area contributed by atoms with Gasteiger partial charge in [-0.3, -0.25) is 0 Å². The molecule has 2 bridgehead atoms. The molecule has 0 N–H and O–H groups in total. The van der Waals surface area contributed by atoms with E-state index in [1.165, 1.54) is 18.4 Å². The molecule has 1 heterocycles. The largest absolute Gasteiger partial charge is 0.462 e. The summed E-state index contributed by atoms with van der Waals surface area (Å²) in [5.41, 5.74) is 1.70. The van der Waals surface area contributed by atoms with Gasteiger partial charge in [0.1, 0.15) is 0 Å². The topological polar surface area (TPSA) is 18.5 Å². The van der Waals surface area contributed by atoms with Crippen molar-refractivity contribution in [1.29, 1.82) is 0 Å². The van der Waals surface area contributed by atoms with Gasteiger partial charge in [-0.05, 0) is 56.9 Å². The van der Waals surface area contributed by atoms with Crippen molar-refractivity contribution in [3.63, 3.8) is 0 Å². The van der Waals surface area contributed by atoms with Crippen LogP contribution in [0.4, 0.5) is 0 Å². The van der Waals surface area contributed by atoms with Crippen LogP contribution in [0.25, 0.3) is 0 Å². The molecule has 4 fully saturated rings. The molecule has 4 aliphatic rings. The summed E-state index contributed by atoms with van der Waals surface area (Å²) in [6.45, 7) is 11.0. The number of hydrogen-bond donors (Lipinski definition) is 0. The molecule has 1 unspecified atom stereocenters. The summed E-state index contributed by atoms with van der Waals surface area (Å²) >= 11 is 0. The molecule has 0 spiro atoms. The molecule has 1 aromatic rings. The molecule has 3 heteroatoms. The Balaban J connectivity index is 1.65. The summed E-state index contributed by atoms with van der Waals surface area (Å²) in [6, 6.07) is 11.0. The summed E-state index contributed by atoms with van der Waals surface area (Å²) in [5, 5.41) is 0. The predicted molar refractivity (Wildman–Crippen MR) is 85.3 cm³/mol. The van der Waals surface area contributed by atoms with Crippen molar-refractivity contribution in [3.8, 4) is 0 Å². The Kier molecular flexibility index (Phi) is 2.47. The Morgan fingerprint density at radius 2 is 1.43 bits per heavy atom. The highest BCUT2D eigenvalue weighted by atomic mass is 16.7. The average Bonchev–Trinajstić information content (AvgIpc) is 2.54. The standard InChI is InChI=1S/C18H25BO2/c1-15(2)16(3,4)21-19(20-15)14-17(5)11-18(14,12-17)13-9-7-6-8-10-13/h6-10,14H,11-12H2,1-5H3. The number of hydrogen-bond acceptors (Lipinski definition) is 2. The molecule has 0 radical (unpaired) electrons. The smallest absolute Gasteiger partial charge is 0.403 e. The zero-order chi connectivity index (χ0) is 15.1. The molecule has 1 atom stereocenters. The van der Waals surface area contributed by atoms with Gasteiger partial charge in [-0.1, -0.05) is 37.3 Å². The van der Waals surface area contributed by atoms with Crippen LogP contribution in [0.1, 0.15) is 53.0 Å². The third-order valence-electron chi connectivity index (χ3n) is 6.68. The van der Waals surface area contributed by atoms with Crippen LogP contribution in [-0.2, 0) is 14.7 Å². The lowest BCUT2D eigenvalue weighted by Gasteiger charge is -2.76. The maximum atomic E-state index is 6.36. The first-order chi connectivity index (χ1) is 9.70. The lowest BCUT2D eigenvalue weighted by Crippen LogP contribution is -2.72. The van der Waals surface area contributed by atoms with Gasteiger partial charge in [-0.25, -0.2) is 0 Å². The van der Waals surface area contributed by atoms with Crippen LogP contribution in [0.3, 0.4) is 0 Å². The number of benzene rings is 1. The van der Waals surface area contributed by atoms with Crippen LogP contribution in [0.5, 0.6) is 0 Å². The summed E-state index contributed by atoms with van der Waals surface area (Å²) in [4.78, 5) is 0. The highest BCUT2D eigenvalue weighted by molar-refractivity contribution is 6.49. The Morgan fingerprint density at radius 3 is 1.90 bits per heavy atom. The van der Waals surface area contributed by atoms with Gasteiger partial charge < -0.3 is 9.31 Å². The molecule has 2 nitrogen and oxygen atoms in total. The predicted octanol–water partition coefficient (Wildman–Crippen LogP) is 4.20. The molecule has 1 aromatic carbocycles. The lowest BCUT2D eigenvalue weighted by atomic mass is 9.21. The van der Waals surface area contributed by atoms with Gasteiger partial charge in [0.15, 0.2) is 0 Å². The normalized spacial score (nSPS) is 42.3. The first-order valence-corrected chi connectivity index (χ1v) is 8.12. The highest BCUT2D eigenvalue weighted by Crippen LogP contribution is 2.82. The second-order valence-corrected chi connectivity index (χ2v) is 8.63. The van der Waals surface area contributed by atoms with Crippen LogP contribution in [0.2, 0.25) is 5.82 Å². The molecular weight excluding hydrogens is 259 g/mol. The van der Waals surface area contributed by atoms with Gasteiger partial charge >= 0.3 is 7.12 Å². The van der Waals surface area contributed by atoms with Gasteiger partial charge in [0, 0.05) is 5.82 Å². The third kappa shape index (κ3) is 1.57. The Bertz CT molecular complexity index is 556. The highest BCUT2D eigenvalue weighted by Gasteiger charge is 2.79. The van der Waals surface area contributed by atoms with E-state index < -0.39 is 0 Å². The van der Waals surface area contributed by atoms with Crippen molar-refractivity contribution in [2.75, 3.05) is 0 Å². The van der Waals surface area contributed by atoms with Crippen LogP contribution >= 0.6 is 0 Å². The van der Waals surface area contributed by atoms with E-state index in [4.69, 9.17) is 9.31 Å². The average molecular weight is 284 g/mol. The van der Waals surface area contributed by atoms with Crippen molar-refractivity contribution < 1.29 is 9.31 Å². The summed E-state index contributed by atoms with van der Waals surface area (Å²) < 4.78 is 12.7. The molecule has 0 amide bonds.